The molecule has 0 bridgehead atoms. The molecule has 9 rings (SSSR count). The molecule has 0 fully saturated rings. The second kappa shape index (κ2) is 12.5. The summed E-state index contributed by atoms with van der Waals surface area (Å²) in [4.78, 5) is 9.63. The molecule has 0 aliphatic carbocycles. The van der Waals surface area contributed by atoms with Crippen molar-refractivity contribution in [2.24, 2.45) is 0 Å². The number of aromatic nitrogens is 2. The molecule has 3 aromatic heterocycles. The number of fused-ring (bicyclic) bond motifs is 3. The van der Waals surface area contributed by atoms with E-state index in [1.54, 1.807) is 0 Å². The van der Waals surface area contributed by atoms with Gasteiger partial charge in [0.1, 0.15) is 0 Å². The van der Waals surface area contributed by atoms with Crippen molar-refractivity contribution in [2.75, 3.05) is 0 Å². The predicted octanol–water partition coefficient (Wildman–Crippen LogP) is 12.8. The van der Waals surface area contributed by atoms with E-state index in [1.165, 1.54) is 42.4 Å². The fourth-order valence-electron chi connectivity index (χ4n) is 6.75. The zero-order valence-electron chi connectivity index (χ0n) is 26.6. The van der Waals surface area contributed by atoms with Gasteiger partial charge < -0.3 is 0 Å². The fourth-order valence-corrected chi connectivity index (χ4v) is 8.13. The van der Waals surface area contributed by atoms with Gasteiger partial charge in [0.25, 0.3) is 0 Å². The SMILES string of the molecule is c1ccc(-c2cc(-c3cc(-c4cccnc4)cc(-c4cccc5c4sc4c(-c6ccccc6)cccc45)c3)cc(-c3ccccc3)n2)cc1. The first-order valence-electron chi connectivity index (χ1n) is 16.5. The van der Waals surface area contributed by atoms with Crippen molar-refractivity contribution in [1.82, 2.24) is 9.97 Å². The van der Waals surface area contributed by atoms with E-state index in [9.17, 15) is 0 Å². The summed E-state index contributed by atoms with van der Waals surface area (Å²) < 4.78 is 2.61. The lowest BCUT2D eigenvalue weighted by Gasteiger charge is -2.14. The van der Waals surface area contributed by atoms with Crippen LogP contribution in [0.2, 0.25) is 0 Å². The number of hydrogen-bond acceptors (Lipinski definition) is 3. The second-order valence-electron chi connectivity index (χ2n) is 12.2. The fraction of sp³-hybridized carbons (Fsp3) is 0. The smallest absolute Gasteiger partial charge is 0.0715 e. The van der Waals surface area contributed by atoms with Gasteiger partial charge in [-0.3, -0.25) is 4.98 Å². The monoisotopic (exact) mass is 642 g/mol. The summed E-state index contributed by atoms with van der Waals surface area (Å²) in [6.07, 6.45) is 3.78. The Morgan fingerprint density at radius 1 is 0.347 bits per heavy atom. The second-order valence-corrected chi connectivity index (χ2v) is 13.3. The van der Waals surface area contributed by atoms with Crippen molar-refractivity contribution in [3.05, 3.63) is 182 Å². The summed E-state index contributed by atoms with van der Waals surface area (Å²) in [6.45, 7) is 0. The molecule has 230 valence electrons. The highest BCUT2D eigenvalue weighted by Crippen LogP contribution is 2.45. The molecular formula is C46H30N2S. The van der Waals surface area contributed by atoms with E-state index in [0.29, 0.717) is 0 Å². The van der Waals surface area contributed by atoms with Gasteiger partial charge in [-0.05, 0) is 75.3 Å². The molecule has 3 heteroatoms. The number of thiophene rings is 1. The van der Waals surface area contributed by atoms with Crippen LogP contribution >= 0.6 is 11.3 Å². The lowest BCUT2D eigenvalue weighted by molar-refractivity contribution is 1.32. The summed E-state index contributed by atoms with van der Waals surface area (Å²) in [5.41, 5.74) is 13.5. The minimum Gasteiger partial charge on any atom is -0.264 e. The zero-order valence-corrected chi connectivity index (χ0v) is 27.4. The maximum Gasteiger partial charge on any atom is 0.0715 e. The van der Waals surface area contributed by atoms with Crippen LogP contribution in [0, 0.1) is 0 Å². The Bertz CT molecular complexity index is 2520. The van der Waals surface area contributed by atoms with E-state index in [1.807, 2.05) is 41.9 Å². The Labute approximate surface area is 289 Å². The van der Waals surface area contributed by atoms with Gasteiger partial charge >= 0.3 is 0 Å². The molecule has 0 unspecified atom stereocenters. The van der Waals surface area contributed by atoms with Crippen LogP contribution < -0.4 is 0 Å². The van der Waals surface area contributed by atoms with Gasteiger partial charge in [0.05, 0.1) is 11.4 Å². The standard InChI is InChI=1S/C46H30N2S/c1-4-13-31(14-5-1)39-20-10-22-41-42-23-11-21-40(46(42)49-45(39)41)38-26-35(34-19-12-24-47-30-34)25-36(27-38)37-28-43(32-15-6-2-7-16-32)48-44(29-37)33-17-8-3-9-18-33/h1-30H. The Hall–Kier alpha value is -6.16. The first-order valence-corrected chi connectivity index (χ1v) is 17.3. The molecule has 2 nitrogen and oxygen atoms in total. The van der Waals surface area contributed by atoms with E-state index < -0.39 is 0 Å². The quantitative estimate of drug-likeness (QED) is 0.180. The number of benzene rings is 6. The lowest BCUT2D eigenvalue weighted by Crippen LogP contribution is -1.92. The van der Waals surface area contributed by atoms with Gasteiger partial charge in [-0.1, -0.05) is 133 Å². The molecule has 0 radical (unpaired) electrons. The largest absolute Gasteiger partial charge is 0.264 e. The van der Waals surface area contributed by atoms with Crippen LogP contribution in [0.15, 0.2) is 182 Å². The van der Waals surface area contributed by atoms with Crippen LogP contribution in [0.1, 0.15) is 0 Å². The molecule has 0 N–H and O–H groups in total. The Balaban J connectivity index is 1.28. The van der Waals surface area contributed by atoms with Crippen LogP contribution in [-0.4, -0.2) is 9.97 Å². The summed E-state index contributed by atoms with van der Waals surface area (Å²) >= 11 is 1.89. The number of hydrogen-bond donors (Lipinski definition) is 0. The first-order chi connectivity index (χ1) is 24.3. The molecule has 0 spiro atoms. The molecule has 0 atom stereocenters. The third kappa shape index (κ3) is 5.50. The van der Waals surface area contributed by atoms with E-state index in [-0.39, 0.29) is 0 Å². The van der Waals surface area contributed by atoms with Crippen LogP contribution in [0.3, 0.4) is 0 Å². The van der Waals surface area contributed by atoms with Crippen molar-refractivity contribution in [2.45, 2.75) is 0 Å². The zero-order chi connectivity index (χ0) is 32.6. The molecule has 49 heavy (non-hydrogen) atoms. The van der Waals surface area contributed by atoms with Crippen LogP contribution in [0.4, 0.5) is 0 Å². The number of rotatable bonds is 6. The lowest BCUT2D eigenvalue weighted by atomic mass is 9.92. The van der Waals surface area contributed by atoms with Gasteiger partial charge in [-0.25, -0.2) is 4.98 Å². The summed E-state index contributed by atoms with van der Waals surface area (Å²) in [5.74, 6) is 0. The molecule has 0 aliphatic heterocycles. The van der Waals surface area contributed by atoms with Crippen LogP contribution in [-0.2, 0) is 0 Å². The molecule has 0 aliphatic rings. The van der Waals surface area contributed by atoms with Gasteiger partial charge in [-0.15, -0.1) is 11.3 Å². The van der Waals surface area contributed by atoms with Gasteiger partial charge in [0, 0.05) is 49.3 Å². The average molecular weight is 643 g/mol. The van der Waals surface area contributed by atoms with E-state index >= 15 is 0 Å². The van der Waals surface area contributed by atoms with Gasteiger partial charge in [0.2, 0.25) is 0 Å². The Kier molecular flexibility index (Phi) is 7.38. The van der Waals surface area contributed by atoms with Gasteiger partial charge in [0.15, 0.2) is 0 Å². The van der Waals surface area contributed by atoms with Crippen molar-refractivity contribution >= 4 is 31.5 Å². The topological polar surface area (TPSA) is 25.8 Å². The maximum atomic E-state index is 5.15. The highest BCUT2D eigenvalue weighted by Gasteiger charge is 2.16. The van der Waals surface area contributed by atoms with E-state index in [0.717, 1.165) is 44.8 Å². The molecular weight excluding hydrogens is 613 g/mol. The van der Waals surface area contributed by atoms with E-state index in [4.69, 9.17) is 4.98 Å². The van der Waals surface area contributed by atoms with Crippen molar-refractivity contribution < 1.29 is 0 Å². The maximum absolute atomic E-state index is 5.15. The van der Waals surface area contributed by atoms with Crippen molar-refractivity contribution in [3.8, 4) is 67.0 Å². The minimum atomic E-state index is 0.949. The third-order valence-corrected chi connectivity index (χ3v) is 10.4. The normalized spacial score (nSPS) is 11.3. The highest BCUT2D eigenvalue weighted by molar-refractivity contribution is 7.26. The van der Waals surface area contributed by atoms with Gasteiger partial charge in [-0.2, -0.15) is 0 Å². The van der Waals surface area contributed by atoms with Crippen molar-refractivity contribution in [1.29, 1.82) is 0 Å². The molecule has 0 saturated carbocycles. The third-order valence-electron chi connectivity index (χ3n) is 9.15. The number of nitrogens with zero attached hydrogens (tertiary/aromatic N) is 2. The highest BCUT2D eigenvalue weighted by atomic mass is 32.1. The Morgan fingerprint density at radius 2 is 0.816 bits per heavy atom. The van der Waals surface area contributed by atoms with Crippen LogP contribution in [0.5, 0.6) is 0 Å². The van der Waals surface area contributed by atoms with Crippen LogP contribution in [0.25, 0.3) is 87.2 Å². The van der Waals surface area contributed by atoms with Crippen molar-refractivity contribution in [3.63, 3.8) is 0 Å². The molecule has 0 amide bonds. The minimum absolute atomic E-state index is 0.949. The van der Waals surface area contributed by atoms with E-state index in [2.05, 4.69) is 157 Å². The summed E-state index contributed by atoms with van der Waals surface area (Å²) in [5, 5.41) is 2.58. The Morgan fingerprint density at radius 3 is 1.37 bits per heavy atom. The summed E-state index contributed by atoms with van der Waals surface area (Å²) in [7, 11) is 0. The number of pyridine rings is 2. The molecule has 9 aromatic rings. The average Bonchev–Trinajstić information content (AvgIpc) is 3.58. The molecule has 3 heterocycles. The first kappa shape index (κ1) is 29.0. The summed E-state index contributed by atoms with van der Waals surface area (Å²) in [6, 6.07) is 60.6. The predicted molar refractivity (Wildman–Crippen MR) is 208 cm³/mol. The molecule has 6 aromatic carbocycles. The molecule has 0 saturated heterocycles.